The van der Waals surface area contributed by atoms with Gasteiger partial charge in [-0.05, 0) is 19.3 Å². The van der Waals surface area contributed by atoms with Crippen molar-refractivity contribution in [2.45, 2.75) is 33.6 Å². The molecule has 19 heavy (non-hydrogen) atoms. The van der Waals surface area contributed by atoms with Crippen LogP contribution in [-0.2, 0) is 23.7 Å². The molecule has 0 aliphatic carbocycles. The van der Waals surface area contributed by atoms with Gasteiger partial charge in [0.15, 0.2) is 0 Å². The first-order valence-electron chi connectivity index (χ1n) is 7.05. The van der Waals surface area contributed by atoms with E-state index in [1.165, 1.54) is 0 Å². The third-order valence-electron chi connectivity index (χ3n) is 2.20. The fourth-order valence-corrected chi connectivity index (χ4v) is 1.23. The van der Waals surface area contributed by atoms with E-state index in [1.807, 2.05) is 20.8 Å². The van der Waals surface area contributed by atoms with Crippen molar-refractivity contribution in [3.8, 4) is 0 Å². The molecule has 0 aromatic carbocycles. The molecule has 0 aromatic rings. The van der Waals surface area contributed by atoms with Gasteiger partial charge < -0.3 is 18.9 Å². The smallest absolute Gasteiger partial charge is 0.305 e. The Morgan fingerprint density at radius 1 is 0.947 bits per heavy atom. The van der Waals surface area contributed by atoms with Gasteiger partial charge in [-0.1, -0.05) is 13.8 Å². The second-order valence-corrected chi connectivity index (χ2v) is 4.60. The lowest BCUT2D eigenvalue weighted by molar-refractivity contribution is -0.145. The van der Waals surface area contributed by atoms with Gasteiger partial charge in [0.05, 0.1) is 33.0 Å². The molecular formula is C14H28O5. The summed E-state index contributed by atoms with van der Waals surface area (Å²) in [4.78, 5) is 11.3. The second-order valence-electron chi connectivity index (χ2n) is 4.60. The normalized spacial score (nSPS) is 10.9. The number of ether oxygens (including phenoxy) is 4. The maximum Gasteiger partial charge on any atom is 0.305 e. The average molecular weight is 276 g/mol. The summed E-state index contributed by atoms with van der Waals surface area (Å²) in [5.74, 6) is 0.235. The summed E-state index contributed by atoms with van der Waals surface area (Å²) in [6.45, 7) is 10.1. The number of hydrogen-bond acceptors (Lipinski definition) is 5. The number of carbonyl (C=O) groups excluding carboxylic acids is 1. The molecule has 0 amide bonds. The van der Waals surface area contributed by atoms with Crippen molar-refractivity contribution in [2.24, 2.45) is 5.92 Å². The molecule has 0 saturated carbocycles. The van der Waals surface area contributed by atoms with Crippen LogP contribution in [0.3, 0.4) is 0 Å². The molecule has 114 valence electrons. The number of hydrogen-bond donors (Lipinski definition) is 0. The highest BCUT2D eigenvalue weighted by molar-refractivity contribution is 5.69. The van der Waals surface area contributed by atoms with Gasteiger partial charge in [0.1, 0.15) is 0 Å². The van der Waals surface area contributed by atoms with E-state index in [9.17, 15) is 4.79 Å². The number of esters is 1. The van der Waals surface area contributed by atoms with Crippen LogP contribution in [0.25, 0.3) is 0 Å². The molecule has 0 aliphatic heterocycles. The molecule has 0 bridgehead atoms. The fourth-order valence-electron chi connectivity index (χ4n) is 1.23. The van der Waals surface area contributed by atoms with Crippen LogP contribution in [0.4, 0.5) is 0 Å². The molecule has 0 N–H and O–H groups in total. The molecule has 0 saturated heterocycles. The van der Waals surface area contributed by atoms with Crippen molar-refractivity contribution in [1.82, 2.24) is 0 Å². The van der Waals surface area contributed by atoms with E-state index < -0.39 is 0 Å². The van der Waals surface area contributed by atoms with Crippen molar-refractivity contribution in [3.63, 3.8) is 0 Å². The maximum atomic E-state index is 11.3. The predicted octanol–water partition coefficient (Wildman–Crippen LogP) is 2.04. The van der Waals surface area contributed by atoms with Gasteiger partial charge in [0, 0.05) is 19.6 Å². The summed E-state index contributed by atoms with van der Waals surface area (Å²) < 4.78 is 20.8. The Balaban J connectivity index is 3.11. The van der Waals surface area contributed by atoms with Crippen LogP contribution in [0.15, 0.2) is 0 Å². The summed E-state index contributed by atoms with van der Waals surface area (Å²) >= 11 is 0. The Morgan fingerprint density at radius 3 is 2.11 bits per heavy atom. The molecule has 0 aromatic heterocycles. The highest BCUT2D eigenvalue weighted by Gasteiger charge is 2.03. The predicted molar refractivity (Wildman–Crippen MR) is 73.2 cm³/mol. The molecule has 0 atom stereocenters. The summed E-state index contributed by atoms with van der Waals surface area (Å²) in [6.07, 6.45) is 1.10. The standard InChI is InChI=1S/C14H28O5/c1-4-16-8-9-18-11-10-17-7-5-6-14(15)19-12-13(2)3/h13H,4-12H2,1-3H3. The van der Waals surface area contributed by atoms with E-state index >= 15 is 0 Å². The van der Waals surface area contributed by atoms with Gasteiger partial charge >= 0.3 is 5.97 Å². The molecular weight excluding hydrogens is 248 g/mol. The highest BCUT2D eigenvalue weighted by atomic mass is 16.5. The topological polar surface area (TPSA) is 54.0 Å². The van der Waals surface area contributed by atoms with Crippen molar-refractivity contribution in [2.75, 3.05) is 46.2 Å². The minimum absolute atomic E-state index is 0.148. The van der Waals surface area contributed by atoms with Crippen LogP contribution >= 0.6 is 0 Å². The molecule has 0 rings (SSSR count). The SMILES string of the molecule is CCOCCOCCOCCCC(=O)OCC(C)C. The Morgan fingerprint density at radius 2 is 1.53 bits per heavy atom. The number of carbonyl (C=O) groups is 1. The van der Waals surface area contributed by atoms with Gasteiger partial charge in [-0.3, -0.25) is 4.79 Å². The first-order chi connectivity index (χ1) is 9.16. The Labute approximate surface area is 116 Å². The van der Waals surface area contributed by atoms with E-state index in [0.29, 0.717) is 65.0 Å². The molecule has 5 nitrogen and oxygen atoms in total. The number of rotatable bonds is 13. The molecule has 0 spiro atoms. The van der Waals surface area contributed by atoms with Gasteiger partial charge in [-0.25, -0.2) is 0 Å². The van der Waals surface area contributed by atoms with Crippen LogP contribution in [0, 0.1) is 5.92 Å². The van der Waals surface area contributed by atoms with E-state index in [2.05, 4.69) is 0 Å². The summed E-state index contributed by atoms with van der Waals surface area (Å²) in [5.41, 5.74) is 0. The third kappa shape index (κ3) is 15.3. The lowest BCUT2D eigenvalue weighted by Gasteiger charge is -2.07. The molecule has 0 radical (unpaired) electrons. The lowest BCUT2D eigenvalue weighted by Crippen LogP contribution is -2.12. The van der Waals surface area contributed by atoms with Crippen LogP contribution in [0.2, 0.25) is 0 Å². The van der Waals surface area contributed by atoms with Crippen molar-refractivity contribution >= 4 is 5.97 Å². The molecule has 5 heteroatoms. The van der Waals surface area contributed by atoms with Gasteiger partial charge in [0.25, 0.3) is 0 Å². The Bertz CT molecular complexity index is 206. The zero-order valence-corrected chi connectivity index (χ0v) is 12.5. The van der Waals surface area contributed by atoms with Gasteiger partial charge in [0.2, 0.25) is 0 Å². The lowest BCUT2D eigenvalue weighted by atomic mass is 10.2. The Hall–Kier alpha value is -0.650. The van der Waals surface area contributed by atoms with Crippen molar-refractivity contribution in [3.05, 3.63) is 0 Å². The zero-order valence-electron chi connectivity index (χ0n) is 12.5. The van der Waals surface area contributed by atoms with Crippen LogP contribution < -0.4 is 0 Å². The van der Waals surface area contributed by atoms with Gasteiger partial charge in [-0.2, -0.15) is 0 Å². The average Bonchev–Trinajstić information content (AvgIpc) is 2.38. The van der Waals surface area contributed by atoms with E-state index in [4.69, 9.17) is 18.9 Å². The summed E-state index contributed by atoms with van der Waals surface area (Å²) in [5, 5.41) is 0. The van der Waals surface area contributed by atoms with Crippen LogP contribution in [-0.4, -0.2) is 52.2 Å². The first kappa shape index (κ1) is 18.4. The minimum atomic E-state index is -0.148. The quantitative estimate of drug-likeness (QED) is 0.380. The van der Waals surface area contributed by atoms with Crippen molar-refractivity contribution < 1.29 is 23.7 Å². The van der Waals surface area contributed by atoms with E-state index in [-0.39, 0.29) is 5.97 Å². The minimum Gasteiger partial charge on any atom is -0.465 e. The van der Waals surface area contributed by atoms with E-state index in [1.54, 1.807) is 0 Å². The zero-order chi connectivity index (χ0) is 14.3. The summed E-state index contributed by atoms with van der Waals surface area (Å²) in [7, 11) is 0. The highest BCUT2D eigenvalue weighted by Crippen LogP contribution is 1.98. The van der Waals surface area contributed by atoms with Crippen LogP contribution in [0.5, 0.6) is 0 Å². The van der Waals surface area contributed by atoms with E-state index in [0.717, 1.165) is 0 Å². The Kier molecular flexibility index (Phi) is 13.3. The third-order valence-corrected chi connectivity index (χ3v) is 2.20. The maximum absolute atomic E-state index is 11.3. The molecule has 0 unspecified atom stereocenters. The molecule has 0 fully saturated rings. The monoisotopic (exact) mass is 276 g/mol. The molecule has 0 heterocycles. The summed E-state index contributed by atoms with van der Waals surface area (Å²) in [6, 6.07) is 0. The largest absolute Gasteiger partial charge is 0.465 e. The molecule has 0 aliphatic rings. The fraction of sp³-hybridized carbons (Fsp3) is 0.929. The second kappa shape index (κ2) is 13.8. The van der Waals surface area contributed by atoms with Gasteiger partial charge in [-0.15, -0.1) is 0 Å². The van der Waals surface area contributed by atoms with Crippen molar-refractivity contribution in [1.29, 1.82) is 0 Å². The van der Waals surface area contributed by atoms with Crippen LogP contribution in [0.1, 0.15) is 33.6 Å². The first-order valence-corrected chi connectivity index (χ1v) is 7.05.